The van der Waals surface area contributed by atoms with Crippen LogP contribution < -0.4 is 5.32 Å². The molecule has 0 saturated heterocycles. The Labute approximate surface area is 116 Å². The SMILES string of the molecule is CCCNC(=O)COC(=O)c1ccc2nccnc2c1. The number of nitrogens with zero attached hydrogens (tertiary/aromatic N) is 2. The van der Waals surface area contributed by atoms with Crippen LogP contribution in [0, 0.1) is 0 Å². The van der Waals surface area contributed by atoms with Crippen molar-refractivity contribution < 1.29 is 14.3 Å². The summed E-state index contributed by atoms with van der Waals surface area (Å²) in [5, 5.41) is 2.63. The van der Waals surface area contributed by atoms with Gasteiger partial charge in [0.25, 0.3) is 5.91 Å². The molecule has 0 aliphatic rings. The molecule has 0 atom stereocenters. The zero-order valence-corrected chi connectivity index (χ0v) is 11.1. The Kier molecular flexibility index (Phi) is 4.60. The summed E-state index contributed by atoms with van der Waals surface area (Å²) in [6.45, 7) is 2.24. The average Bonchev–Trinajstić information content (AvgIpc) is 2.50. The lowest BCUT2D eigenvalue weighted by Gasteiger charge is -2.06. The second-order valence-electron chi connectivity index (χ2n) is 4.19. The highest BCUT2D eigenvalue weighted by molar-refractivity contribution is 5.94. The Morgan fingerprint density at radius 3 is 2.70 bits per heavy atom. The van der Waals surface area contributed by atoms with Crippen LogP contribution in [-0.4, -0.2) is 35.0 Å². The molecule has 2 rings (SSSR count). The molecule has 0 saturated carbocycles. The van der Waals surface area contributed by atoms with Crippen LogP contribution >= 0.6 is 0 Å². The molecule has 6 nitrogen and oxygen atoms in total. The van der Waals surface area contributed by atoms with E-state index in [-0.39, 0.29) is 12.5 Å². The average molecular weight is 273 g/mol. The standard InChI is InChI=1S/C14H15N3O3/c1-2-5-17-13(18)9-20-14(19)10-3-4-11-12(8-10)16-7-6-15-11/h3-4,6-8H,2,5,9H2,1H3,(H,17,18). The van der Waals surface area contributed by atoms with Gasteiger partial charge in [0.2, 0.25) is 0 Å². The minimum atomic E-state index is -0.552. The molecule has 0 spiro atoms. The fourth-order valence-corrected chi connectivity index (χ4v) is 1.62. The van der Waals surface area contributed by atoms with Crippen molar-refractivity contribution in [2.45, 2.75) is 13.3 Å². The maximum absolute atomic E-state index is 11.8. The lowest BCUT2D eigenvalue weighted by atomic mass is 10.2. The van der Waals surface area contributed by atoms with Gasteiger partial charge in [-0.05, 0) is 24.6 Å². The molecule has 1 N–H and O–H groups in total. The third kappa shape index (κ3) is 3.50. The molecule has 6 heteroatoms. The molecule has 0 unspecified atom stereocenters. The van der Waals surface area contributed by atoms with E-state index >= 15 is 0 Å². The molecular weight excluding hydrogens is 258 g/mol. The van der Waals surface area contributed by atoms with Crippen molar-refractivity contribution in [2.24, 2.45) is 0 Å². The van der Waals surface area contributed by atoms with E-state index in [0.717, 1.165) is 6.42 Å². The van der Waals surface area contributed by atoms with Gasteiger partial charge in [0.15, 0.2) is 6.61 Å². The normalized spacial score (nSPS) is 10.2. The maximum atomic E-state index is 11.8. The number of carbonyl (C=O) groups excluding carboxylic acids is 2. The van der Waals surface area contributed by atoms with Crippen LogP contribution in [0.1, 0.15) is 23.7 Å². The van der Waals surface area contributed by atoms with Gasteiger partial charge in [-0.15, -0.1) is 0 Å². The second-order valence-corrected chi connectivity index (χ2v) is 4.19. The molecule has 1 aromatic heterocycles. The topological polar surface area (TPSA) is 81.2 Å². The summed E-state index contributed by atoms with van der Waals surface area (Å²) in [5.41, 5.74) is 1.66. The highest BCUT2D eigenvalue weighted by Crippen LogP contribution is 2.11. The van der Waals surface area contributed by atoms with Gasteiger partial charge in [-0.25, -0.2) is 4.79 Å². The summed E-state index contributed by atoms with van der Waals surface area (Å²) >= 11 is 0. The van der Waals surface area contributed by atoms with Crippen LogP contribution in [0.25, 0.3) is 11.0 Å². The number of ether oxygens (including phenoxy) is 1. The van der Waals surface area contributed by atoms with Gasteiger partial charge in [0, 0.05) is 18.9 Å². The van der Waals surface area contributed by atoms with Crippen LogP contribution in [0.2, 0.25) is 0 Å². The number of benzene rings is 1. The number of aromatic nitrogens is 2. The van der Waals surface area contributed by atoms with Gasteiger partial charge in [0.05, 0.1) is 16.6 Å². The first kappa shape index (κ1) is 13.9. The highest BCUT2D eigenvalue weighted by atomic mass is 16.5. The van der Waals surface area contributed by atoms with E-state index in [1.54, 1.807) is 30.6 Å². The number of carbonyl (C=O) groups is 2. The van der Waals surface area contributed by atoms with E-state index in [1.165, 1.54) is 0 Å². The van der Waals surface area contributed by atoms with Crippen molar-refractivity contribution in [2.75, 3.05) is 13.2 Å². The molecule has 0 aliphatic heterocycles. The van der Waals surface area contributed by atoms with Crippen molar-refractivity contribution in [1.82, 2.24) is 15.3 Å². The lowest BCUT2D eigenvalue weighted by Crippen LogP contribution is -2.29. The smallest absolute Gasteiger partial charge is 0.338 e. The minimum Gasteiger partial charge on any atom is -0.452 e. The fraction of sp³-hybridized carbons (Fsp3) is 0.286. The Bertz CT molecular complexity index is 628. The lowest BCUT2D eigenvalue weighted by molar-refractivity contribution is -0.124. The molecule has 20 heavy (non-hydrogen) atoms. The summed E-state index contributed by atoms with van der Waals surface area (Å²) in [6.07, 6.45) is 3.97. The van der Waals surface area contributed by atoms with E-state index in [2.05, 4.69) is 15.3 Å². The monoisotopic (exact) mass is 273 g/mol. The van der Waals surface area contributed by atoms with Crippen LogP contribution in [-0.2, 0) is 9.53 Å². The first-order valence-electron chi connectivity index (χ1n) is 6.35. The first-order valence-corrected chi connectivity index (χ1v) is 6.35. The van der Waals surface area contributed by atoms with Crippen LogP contribution in [0.5, 0.6) is 0 Å². The number of hydrogen-bond donors (Lipinski definition) is 1. The van der Waals surface area contributed by atoms with Gasteiger partial charge < -0.3 is 10.1 Å². The van der Waals surface area contributed by atoms with E-state index in [4.69, 9.17) is 4.74 Å². The molecule has 1 amide bonds. The number of amides is 1. The molecule has 104 valence electrons. The van der Waals surface area contributed by atoms with Crippen molar-refractivity contribution in [3.63, 3.8) is 0 Å². The van der Waals surface area contributed by atoms with Crippen molar-refractivity contribution >= 4 is 22.9 Å². The highest BCUT2D eigenvalue weighted by Gasteiger charge is 2.10. The number of hydrogen-bond acceptors (Lipinski definition) is 5. The summed E-state index contributed by atoms with van der Waals surface area (Å²) in [4.78, 5) is 31.4. The third-order valence-corrected chi connectivity index (χ3v) is 2.61. The van der Waals surface area contributed by atoms with E-state index < -0.39 is 5.97 Å². The summed E-state index contributed by atoms with van der Waals surface area (Å²) in [5.74, 6) is -0.856. The predicted octanol–water partition coefficient (Wildman–Crippen LogP) is 1.31. The summed E-state index contributed by atoms with van der Waals surface area (Å²) in [7, 11) is 0. The Morgan fingerprint density at radius 1 is 1.20 bits per heavy atom. The number of esters is 1. The quantitative estimate of drug-likeness (QED) is 0.831. The second kappa shape index (κ2) is 6.60. The Hall–Kier alpha value is -2.50. The third-order valence-electron chi connectivity index (χ3n) is 2.61. The van der Waals surface area contributed by atoms with E-state index in [1.807, 2.05) is 6.92 Å². The first-order chi connectivity index (χ1) is 9.70. The predicted molar refractivity (Wildman–Crippen MR) is 73.1 cm³/mol. The van der Waals surface area contributed by atoms with E-state index in [9.17, 15) is 9.59 Å². The molecular formula is C14H15N3O3. The fourth-order valence-electron chi connectivity index (χ4n) is 1.62. The van der Waals surface area contributed by atoms with Gasteiger partial charge >= 0.3 is 5.97 Å². The molecule has 2 aromatic rings. The van der Waals surface area contributed by atoms with Crippen molar-refractivity contribution in [1.29, 1.82) is 0 Å². The molecule has 1 aromatic carbocycles. The summed E-state index contributed by atoms with van der Waals surface area (Å²) < 4.78 is 4.94. The van der Waals surface area contributed by atoms with Gasteiger partial charge in [-0.1, -0.05) is 6.92 Å². The summed E-state index contributed by atoms with van der Waals surface area (Å²) in [6, 6.07) is 4.88. The number of nitrogens with one attached hydrogen (secondary N) is 1. The number of rotatable bonds is 5. The van der Waals surface area contributed by atoms with Crippen LogP contribution in [0.15, 0.2) is 30.6 Å². The molecule has 0 aliphatic carbocycles. The molecule has 0 bridgehead atoms. The largest absolute Gasteiger partial charge is 0.452 e. The molecule has 0 fully saturated rings. The Balaban J connectivity index is 1.99. The van der Waals surface area contributed by atoms with E-state index in [0.29, 0.717) is 23.1 Å². The van der Waals surface area contributed by atoms with Crippen molar-refractivity contribution in [3.8, 4) is 0 Å². The zero-order chi connectivity index (χ0) is 14.4. The van der Waals surface area contributed by atoms with Crippen LogP contribution in [0.3, 0.4) is 0 Å². The van der Waals surface area contributed by atoms with Gasteiger partial charge in [0.1, 0.15) is 0 Å². The number of fused-ring (bicyclic) bond motifs is 1. The minimum absolute atomic E-state index is 0.280. The zero-order valence-electron chi connectivity index (χ0n) is 11.1. The van der Waals surface area contributed by atoms with Crippen LogP contribution in [0.4, 0.5) is 0 Å². The molecule has 1 heterocycles. The van der Waals surface area contributed by atoms with Gasteiger partial charge in [-0.2, -0.15) is 0 Å². The van der Waals surface area contributed by atoms with Crippen molar-refractivity contribution in [3.05, 3.63) is 36.2 Å². The maximum Gasteiger partial charge on any atom is 0.338 e. The molecule has 0 radical (unpaired) electrons. The Morgan fingerprint density at radius 2 is 1.95 bits per heavy atom. The van der Waals surface area contributed by atoms with Gasteiger partial charge in [-0.3, -0.25) is 14.8 Å².